The molecule has 4 N–H and O–H groups in total. The molecule has 168 valence electrons. The van der Waals surface area contributed by atoms with Crippen molar-refractivity contribution >= 4 is 11.9 Å². The number of unbranched alkanes of at least 4 members (excludes halogenated alkanes) is 1. The molecular weight excluding hydrogens is 366 g/mol. The van der Waals surface area contributed by atoms with E-state index in [1.807, 2.05) is 0 Å². The van der Waals surface area contributed by atoms with Gasteiger partial charge in [-0.05, 0) is 76.9 Å². The van der Waals surface area contributed by atoms with Crippen molar-refractivity contribution in [1.29, 1.82) is 0 Å². The molecule has 7 nitrogen and oxygen atoms in total. The molecule has 29 heavy (non-hydrogen) atoms. The zero-order valence-electron chi connectivity index (χ0n) is 18.7. The molecule has 0 aromatic rings. The Morgan fingerprint density at radius 1 is 1.21 bits per heavy atom. The Hall–Kier alpha value is -1.34. The number of carbonyl (C=O) groups excluding carboxylic acids is 1. The summed E-state index contributed by atoms with van der Waals surface area (Å²) in [6.45, 7) is 8.74. The second-order valence-electron chi connectivity index (χ2n) is 8.80. The van der Waals surface area contributed by atoms with Crippen LogP contribution in [0.3, 0.4) is 0 Å². The average Bonchev–Trinajstić information content (AvgIpc) is 3.19. The summed E-state index contributed by atoms with van der Waals surface area (Å²) >= 11 is 0. The second-order valence-corrected chi connectivity index (χ2v) is 8.80. The van der Waals surface area contributed by atoms with Crippen molar-refractivity contribution in [2.24, 2.45) is 22.1 Å². The predicted molar refractivity (Wildman–Crippen MR) is 119 cm³/mol. The molecule has 0 bridgehead atoms. The number of methoxy groups -OCH3 is 1. The van der Waals surface area contributed by atoms with Crippen molar-refractivity contribution in [2.45, 2.75) is 64.7 Å². The molecule has 0 radical (unpaired) electrons. The van der Waals surface area contributed by atoms with Crippen LogP contribution in [0.2, 0.25) is 0 Å². The van der Waals surface area contributed by atoms with E-state index in [1.54, 1.807) is 7.11 Å². The number of hydrogen-bond donors (Lipinski definition) is 3. The van der Waals surface area contributed by atoms with Crippen LogP contribution in [0.15, 0.2) is 4.99 Å². The Morgan fingerprint density at radius 3 is 2.55 bits per heavy atom. The summed E-state index contributed by atoms with van der Waals surface area (Å²) in [5.41, 5.74) is 5.74. The fourth-order valence-corrected chi connectivity index (χ4v) is 4.63. The van der Waals surface area contributed by atoms with Crippen LogP contribution >= 0.6 is 0 Å². The van der Waals surface area contributed by atoms with Gasteiger partial charge in [0.2, 0.25) is 5.91 Å². The third-order valence-electron chi connectivity index (χ3n) is 6.60. The van der Waals surface area contributed by atoms with Crippen LogP contribution in [0.1, 0.15) is 64.7 Å². The standard InChI is InChI=1S/C22H43N5O2/c1-3-24-21(26-18-22(12-17-29-2)10-4-5-11-22)25-13-6-7-14-27-15-8-19(9-16-27)20(23)28/h19H,3-18H2,1-2H3,(H2,23,28)(H2,24,25,26). The molecule has 2 aliphatic rings. The molecule has 0 atom stereocenters. The first-order valence-corrected chi connectivity index (χ1v) is 11.6. The van der Waals surface area contributed by atoms with E-state index in [9.17, 15) is 4.79 Å². The Morgan fingerprint density at radius 2 is 1.93 bits per heavy atom. The molecule has 0 unspecified atom stereocenters. The molecular formula is C22H43N5O2. The van der Waals surface area contributed by atoms with E-state index in [0.717, 1.165) is 83.9 Å². The number of primary amides is 1. The number of carbonyl (C=O) groups is 1. The van der Waals surface area contributed by atoms with Gasteiger partial charge in [-0.1, -0.05) is 12.8 Å². The molecule has 0 aromatic carbocycles. The van der Waals surface area contributed by atoms with E-state index in [-0.39, 0.29) is 11.8 Å². The van der Waals surface area contributed by atoms with Gasteiger partial charge in [0.25, 0.3) is 0 Å². The Kier molecular flexibility index (Phi) is 10.8. The highest BCUT2D eigenvalue weighted by molar-refractivity contribution is 5.79. The lowest BCUT2D eigenvalue weighted by molar-refractivity contribution is -0.123. The summed E-state index contributed by atoms with van der Waals surface area (Å²) in [4.78, 5) is 18.6. The molecule has 2 fully saturated rings. The second kappa shape index (κ2) is 13.1. The predicted octanol–water partition coefficient (Wildman–Crippen LogP) is 2.12. The third kappa shape index (κ3) is 8.51. The number of guanidine groups is 1. The summed E-state index contributed by atoms with van der Waals surface area (Å²) in [5.74, 6) is 0.892. The molecule has 1 saturated heterocycles. The number of nitrogens with one attached hydrogen (secondary N) is 2. The maximum absolute atomic E-state index is 11.3. The van der Waals surface area contributed by atoms with Crippen molar-refractivity contribution in [3.05, 3.63) is 0 Å². The number of likely N-dealkylation sites (tertiary alicyclic amines) is 1. The number of aliphatic imine (C=N–C) groups is 1. The monoisotopic (exact) mass is 409 g/mol. The van der Waals surface area contributed by atoms with Gasteiger partial charge >= 0.3 is 0 Å². The van der Waals surface area contributed by atoms with Gasteiger partial charge in [0.1, 0.15) is 0 Å². The van der Waals surface area contributed by atoms with E-state index in [2.05, 4.69) is 22.5 Å². The average molecular weight is 410 g/mol. The minimum Gasteiger partial charge on any atom is -0.385 e. The summed E-state index contributed by atoms with van der Waals surface area (Å²) in [5, 5.41) is 6.89. The summed E-state index contributed by atoms with van der Waals surface area (Å²) in [6.07, 6.45) is 10.4. The van der Waals surface area contributed by atoms with Crippen LogP contribution in [-0.4, -0.2) is 69.8 Å². The van der Waals surface area contributed by atoms with Crippen LogP contribution in [-0.2, 0) is 9.53 Å². The van der Waals surface area contributed by atoms with Crippen LogP contribution in [0.5, 0.6) is 0 Å². The zero-order chi connectivity index (χ0) is 21.0. The maximum atomic E-state index is 11.3. The van der Waals surface area contributed by atoms with Gasteiger partial charge in [-0.3, -0.25) is 9.79 Å². The van der Waals surface area contributed by atoms with E-state index in [4.69, 9.17) is 15.5 Å². The van der Waals surface area contributed by atoms with Gasteiger partial charge in [-0.25, -0.2) is 0 Å². The summed E-state index contributed by atoms with van der Waals surface area (Å²) in [6, 6.07) is 0. The number of nitrogens with two attached hydrogens (primary N) is 1. The van der Waals surface area contributed by atoms with Crippen LogP contribution in [0, 0.1) is 11.3 Å². The lowest BCUT2D eigenvalue weighted by Gasteiger charge is -2.30. The SMILES string of the molecule is CCNC(=NCC1(CCOC)CCCC1)NCCCCN1CCC(C(N)=O)CC1. The quantitative estimate of drug-likeness (QED) is 0.261. The topological polar surface area (TPSA) is 92.0 Å². The summed E-state index contributed by atoms with van der Waals surface area (Å²) < 4.78 is 5.34. The van der Waals surface area contributed by atoms with Crippen LogP contribution in [0.25, 0.3) is 0 Å². The van der Waals surface area contributed by atoms with Gasteiger partial charge < -0.3 is 26.0 Å². The molecule has 0 aromatic heterocycles. The third-order valence-corrected chi connectivity index (χ3v) is 6.60. The van der Waals surface area contributed by atoms with Gasteiger partial charge in [-0.2, -0.15) is 0 Å². The maximum Gasteiger partial charge on any atom is 0.220 e. The first kappa shape index (κ1) is 23.9. The molecule has 1 heterocycles. The van der Waals surface area contributed by atoms with Crippen molar-refractivity contribution in [3.63, 3.8) is 0 Å². The Balaban J connectivity index is 1.66. The number of rotatable bonds is 12. The van der Waals surface area contributed by atoms with Crippen LogP contribution < -0.4 is 16.4 Å². The Bertz CT molecular complexity index is 497. The molecule has 1 aliphatic heterocycles. The van der Waals surface area contributed by atoms with Gasteiger partial charge in [-0.15, -0.1) is 0 Å². The molecule has 1 amide bonds. The molecule has 1 aliphatic carbocycles. The fraction of sp³-hybridized carbons (Fsp3) is 0.909. The fourth-order valence-electron chi connectivity index (χ4n) is 4.63. The minimum absolute atomic E-state index is 0.0823. The first-order chi connectivity index (χ1) is 14.1. The molecule has 2 rings (SSSR count). The highest BCUT2D eigenvalue weighted by Gasteiger charge is 2.33. The lowest BCUT2D eigenvalue weighted by atomic mass is 9.83. The van der Waals surface area contributed by atoms with Crippen molar-refractivity contribution in [1.82, 2.24) is 15.5 Å². The largest absolute Gasteiger partial charge is 0.385 e. The Labute approximate surface area is 177 Å². The summed E-state index contributed by atoms with van der Waals surface area (Å²) in [7, 11) is 1.79. The molecule has 7 heteroatoms. The van der Waals surface area contributed by atoms with Crippen LogP contribution in [0.4, 0.5) is 0 Å². The first-order valence-electron chi connectivity index (χ1n) is 11.6. The number of amides is 1. The normalized spacial score (nSPS) is 20.7. The van der Waals surface area contributed by atoms with E-state index in [0.29, 0.717) is 5.41 Å². The van der Waals surface area contributed by atoms with E-state index >= 15 is 0 Å². The van der Waals surface area contributed by atoms with Gasteiger partial charge in [0, 0.05) is 39.3 Å². The highest BCUT2D eigenvalue weighted by Crippen LogP contribution is 2.41. The molecule has 1 saturated carbocycles. The van der Waals surface area contributed by atoms with Gasteiger partial charge in [0.05, 0.1) is 0 Å². The minimum atomic E-state index is -0.134. The smallest absolute Gasteiger partial charge is 0.220 e. The molecule has 0 spiro atoms. The number of hydrogen-bond acceptors (Lipinski definition) is 4. The number of nitrogens with zero attached hydrogens (tertiary/aromatic N) is 2. The van der Waals surface area contributed by atoms with E-state index in [1.165, 1.54) is 25.7 Å². The van der Waals surface area contributed by atoms with Gasteiger partial charge in [0.15, 0.2) is 5.96 Å². The van der Waals surface area contributed by atoms with Crippen molar-refractivity contribution < 1.29 is 9.53 Å². The zero-order valence-corrected chi connectivity index (χ0v) is 18.7. The number of ether oxygens (including phenoxy) is 1. The highest BCUT2D eigenvalue weighted by atomic mass is 16.5. The van der Waals surface area contributed by atoms with E-state index < -0.39 is 0 Å². The van der Waals surface area contributed by atoms with Crippen molar-refractivity contribution in [3.8, 4) is 0 Å². The lowest BCUT2D eigenvalue weighted by Crippen LogP contribution is -2.40. The number of piperidine rings is 1. The van der Waals surface area contributed by atoms with Crippen molar-refractivity contribution in [2.75, 3.05) is 53.0 Å².